The molecule has 1 aliphatic rings. The third kappa shape index (κ3) is 4.59. The van der Waals surface area contributed by atoms with Crippen LogP contribution in [0, 0.1) is 19.8 Å². The van der Waals surface area contributed by atoms with E-state index < -0.39 is 0 Å². The number of hydrogen-bond donors (Lipinski definition) is 0. The maximum Gasteiger partial charge on any atom is 0.119 e. The van der Waals surface area contributed by atoms with Gasteiger partial charge in [-0.1, -0.05) is 11.6 Å². The van der Waals surface area contributed by atoms with Gasteiger partial charge in [-0.15, -0.1) is 0 Å². The number of nitrogens with zero attached hydrogens (tertiary/aromatic N) is 3. The van der Waals surface area contributed by atoms with Crippen molar-refractivity contribution in [2.24, 2.45) is 5.92 Å². The molecule has 0 bridgehead atoms. The van der Waals surface area contributed by atoms with Crippen LogP contribution >= 0.6 is 11.6 Å². The highest BCUT2D eigenvalue weighted by Crippen LogP contribution is 2.28. The second-order valence-electron chi connectivity index (χ2n) is 8.39. The minimum atomic E-state index is 0.735. The van der Waals surface area contributed by atoms with Crippen LogP contribution in [0.25, 0.3) is 16.7 Å². The number of benzene rings is 2. The summed E-state index contributed by atoms with van der Waals surface area (Å²) in [5.41, 5.74) is 5.38. The van der Waals surface area contributed by atoms with Crippen LogP contribution in [0.2, 0.25) is 5.02 Å². The first-order valence-corrected chi connectivity index (χ1v) is 10.9. The molecule has 1 aromatic heterocycles. The Bertz CT molecular complexity index is 989. The molecule has 29 heavy (non-hydrogen) atoms. The Morgan fingerprint density at radius 3 is 2.66 bits per heavy atom. The number of halogens is 1. The van der Waals surface area contributed by atoms with Crippen molar-refractivity contribution in [3.8, 4) is 11.4 Å². The molecule has 2 heterocycles. The topological polar surface area (TPSA) is 30.3 Å². The molecule has 0 amide bonds. The van der Waals surface area contributed by atoms with Gasteiger partial charge in [0.15, 0.2) is 0 Å². The third-order valence-corrected chi connectivity index (χ3v) is 6.32. The highest BCUT2D eigenvalue weighted by Gasteiger charge is 2.16. The lowest BCUT2D eigenvalue weighted by molar-refractivity contribution is 0.200. The predicted octanol–water partition coefficient (Wildman–Crippen LogP) is 5.80. The number of piperidine rings is 1. The molecule has 1 fully saturated rings. The summed E-state index contributed by atoms with van der Waals surface area (Å²) >= 11 is 6.28. The Morgan fingerprint density at radius 1 is 1.10 bits per heavy atom. The minimum absolute atomic E-state index is 0.735. The van der Waals surface area contributed by atoms with E-state index >= 15 is 0 Å². The average molecular weight is 412 g/mol. The van der Waals surface area contributed by atoms with E-state index in [4.69, 9.17) is 16.3 Å². The van der Waals surface area contributed by atoms with E-state index in [-0.39, 0.29) is 0 Å². The van der Waals surface area contributed by atoms with E-state index in [1.54, 1.807) is 0 Å². The largest absolute Gasteiger partial charge is 0.494 e. The fraction of sp³-hybridized carbons (Fsp3) is 0.458. The fourth-order valence-electron chi connectivity index (χ4n) is 4.34. The second-order valence-corrected chi connectivity index (χ2v) is 8.83. The van der Waals surface area contributed by atoms with Gasteiger partial charge in [-0.25, -0.2) is 4.98 Å². The van der Waals surface area contributed by atoms with Crippen molar-refractivity contribution in [3.05, 3.63) is 52.8 Å². The molecule has 0 aliphatic carbocycles. The van der Waals surface area contributed by atoms with Crippen molar-refractivity contribution >= 4 is 22.6 Å². The maximum atomic E-state index is 6.28. The van der Waals surface area contributed by atoms with Gasteiger partial charge in [0.2, 0.25) is 0 Å². The van der Waals surface area contributed by atoms with Gasteiger partial charge in [-0.2, -0.15) is 0 Å². The van der Waals surface area contributed by atoms with Crippen molar-refractivity contribution in [1.29, 1.82) is 0 Å². The number of aromatic nitrogens is 2. The van der Waals surface area contributed by atoms with Crippen LogP contribution in [0.5, 0.6) is 5.75 Å². The third-order valence-electron chi connectivity index (χ3n) is 6.10. The molecule has 0 radical (unpaired) electrons. The van der Waals surface area contributed by atoms with Gasteiger partial charge in [0, 0.05) is 5.02 Å². The molecular formula is C24H30ClN3O. The predicted molar refractivity (Wildman–Crippen MR) is 121 cm³/mol. The van der Waals surface area contributed by atoms with E-state index in [9.17, 15) is 0 Å². The molecule has 3 aromatic rings. The molecule has 0 saturated carbocycles. The number of rotatable bonds is 6. The van der Waals surface area contributed by atoms with Gasteiger partial charge in [0.1, 0.15) is 12.1 Å². The lowest BCUT2D eigenvalue weighted by atomic mass is 9.93. The molecule has 0 atom stereocenters. The van der Waals surface area contributed by atoms with E-state index in [0.29, 0.717) is 0 Å². The second kappa shape index (κ2) is 8.76. The SMILES string of the molecule is Cc1cc(OCCCC2CCN(C)CC2)ccc1-n1cnc2c(C)cc(Cl)cc21. The Morgan fingerprint density at radius 2 is 1.90 bits per heavy atom. The van der Waals surface area contributed by atoms with E-state index in [0.717, 1.165) is 57.6 Å². The van der Waals surface area contributed by atoms with Gasteiger partial charge >= 0.3 is 0 Å². The summed E-state index contributed by atoms with van der Waals surface area (Å²) in [6.45, 7) is 7.42. The van der Waals surface area contributed by atoms with E-state index in [2.05, 4.69) is 46.6 Å². The zero-order chi connectivity index (χ0) is 20.4. The number of ether oxygens (including phenoxy) is 1. The van der Waals surface area contributed by atoms with Crippen molar-refractivity contribution < 1.29 is 4.74 Å². The lowest BCUT2D eigenvalue weighted by Gasteiger charge is -2.28. The van der Waals surface area contributed by atoms with Gasteiger partial charge in [-0.05, 0) is 107 Å². The van der Waals surface area contributed by atoms with Crippen LogP contribution in [0.15, 0.2) is 36.7 Å². The standard InChI is InChI=1S/C24H30ClN3O/c1-17-14-21(29-12-4-5-19-8-10-27(3)11-9-19)6-7-22(17)28-16-26-24-18(2)13-20(25)15-23(24)28/h6-7,13-16,19H,4-5,8-12H2,1-3H3. The lowest BCUT2D eigenvalue weighted by Crippen LogP contribution is -2.30. The average Bonchev–Trinajstić information content (AvgIpc) is 3.11. The molecular weight excluding hydrogens is 382 g/mol. The maximum absolute atomic E-state index is 6.28. The summed E-state index contributed by atoms with van der Waals surface area (Å²) in [6, 6.07) is 10.2. The molecule has 154 valence electrons. The molecule has 5 heteroatoms. The van der Waals surface area contributed by atoms with E-state index in [1.165, 1.54) is 32.4 Å². The Hall–Kier alpha value is -2.04. The normalized spacial score (nSPS) is 15.9. The number of aryl methyl sites for hydroxylation is 2. The summed E-state index contributed by atoms with van der Waals surface area (Å²) in [4.78, 5) is 7.01. The molecule has 4 rings (SSSR count). The van der Waals surface area contributed by atoms with Gasteiger partial charge < -0.3 is 9.64 Å². The van der Waals surface area contributed by atoms with Crippen LogP contribution in [0.3, 0.4) is 0 Å². The van der Waals surface area contributed by atoms with Crippen molar-refractivity contribution in [2.75, 3.05) is 26.7 Å². The molecule has 1 saturated heterocycles. The summed E-state index contributed by atoms with van der Waals surface area (Å²) in [5.74, 6) is 1.80. The molecule has 4 nitrogen and oxygen atoms in total. The Kier molecular flexibility index (Phi) is 6.12. The highest BCUT2D eigenvalue weighted by molar-refractivity contribution is 6.31. The summed E-state index contributed by atoms with van der Waals surface area (Å²) in [7, 11) is 2.22. The first-order valence-electron chi connectivity index (χ1n) is 10.6. The summed E-state index contributed by atoms with van der Waals surface area (Å²) in [5, 5.41) is 0.735. The Labute approximate surface area is 178 Å². The van der Waals surface area contributed by atoms with Crippen molar-refractivity contribution in [1.82, 2.24) is 14.5 Å². The molecule has 0 spiro atoms. The summed E-state index contributed by atoms with van der Waals surface area (Å²) < 4.78 is 8.15. The van der Waals surface area contributed by atoms with Crippen LogP contribution in [-0.4, -0.2) is 41.2 Å². The van der Waals surface area contributed by atoms with Gasteiger partial charge in [0.25, 0.3) is 0 Å². The van der Waals surface area contributed by atoms with Crippen molar-refractivity contribution in [2.45, 2.75) is 39.5 Å². The summed E-state index contributed by atoms with van der Waals surface area (Å²) in [6.07, 6.45) is 6.92. The Balaban J connectivity index is 1.40. The first-order chi connectivity index (χ1) is 14.0. The number of likely N-dealkylation sites (tertiary alicyclic amines) is 1. The van der Waals surface area contributed by atoms with Gasteiger partial charge in [-0.3, -0.25) is 4.57 Å². The zero-order valence-corrected chi connectivity index (χ0v) is 18.4. The first kappa shape index (κ1) is 20.2. The molecule has 2 aromatic carbocycles. The number of fused-ring (bicyclic) bond motifs is 1. The minimum Gasteiger partial charge on any atom is -0.494 e. The van der Waals surface area contributed by atoms with Crippen LogP contribution in [0.1, 0.15) is 36.8 Å². The monoisotopic (exact) mass is 411 g/mol. The molecule has 1 aliphatic heterocycles. The number of hydrogen-bond acceptors (Lipinski definition) is 3. The molecule has 0 unspecified atom stereocenters. The van der Waals surface area contributed by atoms with Crippen LogP contribution in [-0.2, 0) is 0 Å². The smallest absolute Gasteiger partial charge is 0.119 e. The highest BCUT2D eigenvalue weighted by atomic mass is 35.5. The fourth-order valence-corrected chi connectivity index (χ4v) is 4.61. The number of imidazole rings is 1. The molecule has 0 N–H and O–H groups in total. The zero-order valence-electron chi connectivity index (χ0n) is 17.6. The quantitative estimate of drug-likeness (QED) is 0.480. The van der Waals surface area contributed by atoms with Gasteiger partial charge in [0.05, 0.1) is 23.3 Å². The van der Waals surface area contributed by atoms with Crippen LogP contribution in [0.4, 0.5) is 0 Å². The van der Waals surface area contributed by atoms with E-state index in [1.807, 2.05) is 25.4 Å². The van der Waals surface area contributed by atoms with Crippen LogP contribution < -0.4 is 4.74 Å². The van der Waals surface area contributed by atoms with Crippen molar-refractivity contribution in [3.63, 3.8) is 0 Å².